The minimum atomic E-state index is -0.462. The summed E-state index contributed by atoms with van der Waals surface area (Å²) in [6, 6.07) is 11.8. The van der Waals surface area contributed by atoms with Crippen LogP contribution in [-0.4, -0.2) is 18.3 Å². The summed E-state index contributed by atoms with van der Waals surface area (Å²) in [5.41, 5.74) is 3.20. The number of allylic oxidation sites excluding steroid dienone is 1. The largest absolute Gasteiger partial charge is 0.484 e. The molecule has 3 N–H and O–H groups in total. The summed E-state index contributed by atoms with van der Waals surface area (Å²) < 4.78 is 10.9. The SMILES string of the molecule is NNC(=O)COc1ccc2c(c1)O/C(=C\c1ccc(Cl)cc1)C2=O. The normalized spacial score (nSPS) is 14.2. The number of nitrogens with two attached hydrogens (primary N) is 1. The molecule has 0 saturated heterocycles. The highest BCUT2D eigenvalue weighted by Gasteiger charge is 2.27. The fourth-order valence-corrected chi connectivity index (χ4v) is 2.28. The molecule has 0 saturated carbocycles. The second-order valence-electron chi connectivity index (χ2n) is 5.01. The zero-order valence-corrected chi connectivity index (χ0v) is 13.2. The van der Waals surface area contributed by atoms with E-state index in [0.29, 0.717) is 22.1 Å². The minimum absolute atomic E-state index is 0.212. The van der Waals surface area contributed by atoms with E-state index in [1.54, 1.807) is 48.5 Å². The molecule has 1 amide bonds. The summed E-state index contributed by atoms with van der Waals surface area (Å²) in [5.74, 6) is 5.30. The van der Waals surface area contributed by atoms with Crippen molar-refractivity contribution in [1.82, 2.24) is 5.43 Å². The Morgan fingerprint density at radius 1 is 1.25 bits per heavy atom. The Hall–Kier alpha value is -2.83. The van der Waals surface area contributed by atoms with Crippen molar-refractivity contribution in [2.24, 2.45) is 5.84 Å². The number of carbonyl (C=O) groups excluding carboxylic acids is 2. The van der Waals surface area contributed by atoms with E-state index in [9.17, 15) is 9.59 Å². The number of fused-ring (bicyclic) bond motifs is 1. The first kappa shape index (κ1) is 16.0. The number of Topliss-reactive ketones (excluding diaryl/α,β-unsaturated/α-hetero) is 1. The molecule has 7 heteroatoms. The van der Waals surface area contributed by atoms with Gasteiger partial charge in [0.2, 0.25) is 5.78 Å². The van der Waals surface area contributed by atoms with Gasteiger partial charge in [-0.05, 0) is 35.9 Å². The number of rotatable bonds is 4. The van der Waals surface area contributed by atoms with Crippen LogP contribution in [0, 0.1) is 0 Å². The highest BCUT2D eigenvalue weighted by atomic mass is 35.5. The van der Waals surface area contributed by atoms with Crippen LogP contribution in [0.5, 0.6) is 11.5 Å². The summed E-state index contributed by atoms with van der Waals surface area (Å²) >= 11 is 5.84. The first-order chi connectivity index (χ1) is 11.6. The smallest absolute Gasteiger partial charge is 0.271 e. The molecule has 3 rings (SSSR count). The number of nitrogens with one attached hydrogen (secondary N) is 1. The lowest BCUT2D eigenvalue weighted by Gasteiger charge is -2.06. The number of ether oxygens (including phenoxy) is 2. The molecule has 0 unspecified atom stereocenters. The quantitative estimate of drug-likeness (QED) is 0.384. The van der Waals surface area contributed by atoms with E-state index in [-0.39, 0.29) is 18.1 Å². The third-order valence-corrected chi connectivity index (χ3v) is 3.59. The molecule has 0 bridgehead atoms. The fraction of sp³-hybridized carbons (Fsp3) is 0.0588. The summed E-state index contributed by atoms with van der Waals surface area (Å²) in [6.07, 6.45) is 1.64. The molecule has 6 nitrogen and oxygen atoms in total. The van der Waals surface area contributed by atoms with Crippen molar-refractivity contribution in [2.75, 3.05) is 6.61 Å². The van der Waals surface area contributed by atoms with Crippen molar-refractivity contribution >= 4 is 29.4 Å². The van der Waals surface area contributed by atoms with Gasteiger partial charge in [0, 0.05) is 11.1 Å². The topological polar surface area (TPSA) is 90.7 Å². The van der Waals surface area contributed by atoms with Crippen LogP contribution in [0.25, 0.3) is 6.08 Å². The van der Waals surface area contributed by atoms with Gasteiger partial charge in [-0.25, -0.2) is 5.84 Å². The maximum Gasteiger partial charge on any atom is 0.271 e. The molecule has 1 aliphatic rings. The Morgan fingerprint density at radius 3 is 2.71 bits per heavy atom. The van der Waals surface area contributed by atoms with E-state index in [1.807, 2.05) is 5.43 Å². The van der Waals surface area contributed by atoms with Crippen LogP contribution in [-0.2, 0) is 4.79 Å². The average Bonchev–Trinajstić information content (AvgIpc) is 2.90. The lowest BCUT2D eigenvalue weighted by Crippen LogP contribution is -2.34. The molecule has 24 heavy (non-hydrogen) atoms. The van der Waals surface area contributed by atoms with Gasteiger partial charge in [-0.15, -0.1) is 0 Å². The number of amides is 1. The molecule has 0 fully saturated rings. The van der Waals surface area contributed by atoms with Crippen molar-refractivity contribution < 1.29 is 19.1 Å². The highest BCUT2D eigenvalue weighted by Crippen LogP contribution is 2.34. The Morgan fingerprint density at radius 2 is 2.00 bits per heavy atom. The predicted molar refractivity (Wildman–Crippen MR) is 88.7 cm³/mol. The molecule has 2 aromatic rings. The molecular weight excluding hydrogens is 332 g/mol. The van der Waals surface area contributed by atoms with Crippen molar-refractivity contribution in [3.05, 3.63) is 64.4 Å². The summed E-state index contributed by atoms with van der Waals surface area (Å²) in [6.45, 7) is -0.225. The van der Waals surface area contributed by atoms with Crippen LogP contribution in [0.1, 0.15) is 15.9 Å². The molecule has 1 heterocycles. The fourth-order valence-electron chi connectivity index (χ4n) is 2.16. The number of hydrogen-bond acceptors (Lipinski definition) is 5. The van der Waals surface area contributed by atoms with Crippen molar-refractivity contribution in [3.8, 4) is 11.5 Å². The number of hydrogen-bond donors (Lipinski definition) is 2. The Bertz CT molecular complexity index is 831. The second-order valence-corrected chi connectivity index (χ2v) is 5.44. The standard InChI is InChI=1S/C17H13ClN2O4/c18-11-3-1-10(2-4-11)7-15-17(22)13-6-5-12(8-14(13)24-15)23-9-16(21)20-19/h1-8H,9,19H2,(H,20,21)/b15-7-. The summed E-state index contributed by atoms with van der Waals surface area (Å²) in [5, 5.41) is 0.613. The molecule has 1 aliphatic heterocycles. The first-order valence-electron chi connectivity index (χ1n) is 7.03. The monoisotopic (exact) mass is 344 g/mol. The van der Waals surface area contributed by atoms with Gasteiger partial charge in [0.25, 0.3) is 5.91 Å². The zero-order chi connectivity index (χ0) is 17.1. The third-order valence-electron chi connectivity index (χ3n) is 3.34. The van der Waals surface area contributed by atoms with Crippen molar-refractivity contribution in [1.29, 1.82) is 0 Å². The van der Waals surface area contributed by atoms with Crippen LogP contribution in [0.2, 0.25) is 5.02 Å². The molecule has 0 radical (unpaired) electrons. The van der Waals surface area contributed by atoms with Crippen LogP contribution in [0.3, 0.4) is 0 Å². The Kier molecular flexibility index (Phi) is 4.50. The molecule has 0 spiro atoms. The van der Waals surface area contributed by atoms with Crippen molar-refractivity contribution in [2.45, 2.75) is 0 Å². The van der Waals surface area contributed by atoms with Gasteiger partial charge in [-0.2, -0.15) is 0 Å². The Balaban J connectivity index is 1.79. The maximum atomic E-state index is 12.4. The summed E-state index contributed by atoms with van der Waals surface area (Å²) in [7, 11) is 0. The zero-order valence-electron chi connectivity index (χ0n) is 12.4. The number of halogens is 1. The van der Waals surface area contributed by atoms with Gasteiger partial charge in [-0.3, -0.25) is 15.0 Å². The lowest BCUT2D eigenvalue weighted by molar-refractivity contribution is -0.123. The molecule has 122 valence electrons. The van der Waals surface area contributed by atoms with E-state index in [4.69, 9.17) is 26.9 Å². The van der Waals surface area contributed by atoms with Crippen molar-refractivity contribution in [3.63, 3.8) is 0 Å². The highest BCUT2D eigenvalue weighted by molar-refractivity contribution is 6.30. The Labute approximate surface area is 142 Å². The van der Waals surface area contributed by atoms with Gasteiger partial charge in [0.15, 0.2) is 12.4 Å². The molecule has 2 aromatic carbocycles. The minimum Gasteiger partial charge on any atom is -0.484 e. The molecule has 0 atom stereocenters. The predicted octanol–water partition coefficient (Wildman–Crippen LogP) is 2.32. The first-order valence-corrected chi connectivity index (χ1v) is 7.41. The van der Waals surface area contributed by atoms with Crippen LogP contribution in [0.4, 0.5) is 0 Å². The van der Waals surface area contributed by atoms with Gasteiger partial charge in [0.05, 0.1) is 5.56 Å². The van der Waals surface area contributed by atoms with E-state index in [0.717, 1.165) is 5.56 Å². The van der Waals surface area contributed by atoms with Gasteiger partial charge in [-0.1, -0.05) is 23.7 Å². The van der Waals surface area contributed by atoms with Gasteiger partial charge in [0.1, 0.15) is 11.5 Å². The average molecular weight is 345 g/mol. The number of hydrazine groups is 1. The van der Waals surface area contributed by atoms with E-state index < -0.39 is 5.91 Å². The molecule has 0 aromatic heterocycles. The number of benzene rings is 2. The van der Waals surface area contributed by atoms with Crippen LogP contribution < -0.4 is 20.7 Å². The van der Waals surface area contributed by atoms with E-state index >= 15 is 0 Å². The second kappa shape index (κ2) is 6.74. The molecule has 0 aliphatic carbocycles. The van der Waals surface area contributed by atoms with E-state index in [2.05, 4.69) is 0 Å². The van der Waals surface area contributed by atoms with E-state index in [1.165, 1.54) is 0 Å². The van der Waals surface area contributed by atoms with Crippen LogP contribution in [0.15, 0.2) is 48.2 Å². The third kappa shape index (κ3) is 3.40. The van der Waals surface area contributed by atoms with Gasteiger partial charge >= 0.3 is 0 Å². The number of ketones is 1. The maximum absolute atomic E-state index is 12.4. The van der Waals surface area contributed by atoms with Gasteiger partial charge < -0.3 is 9.47 Å². The summed E-state index contributed by atoms with van der Waals surface area (Å²) in [4.78, 5) is 23.4. The number of carbonyl (C=O) groups is 2. The molecular formula is C17H13ClN2O4. The lowest BCUT2D eigenvalue weighted by atomic mass is 10.1. The van der Waals surface area contributed by atoms with Crippen LogP contribution >= 0.6 is 11.6 Å².